The molecule has 4 nitrogen and oxygen atoms in total. The molecule has 0 bridgehead atoms. The van der Waals surface area contributed by atoms with Gasteiger partial charge in [0.1, 0.15) is 5.56 Å². The smallest absolute Gasteiger partial charge is 0.341 e. The number of rotatable bonds is 3. The summed E-state index contributed by atoms with van der Waals surface area (Å²) >= 11 is 0. The number of ether oxygens (including phenoxy) is 2. The molecule has 15 heavy (non-hydrogen) atoms. The van der Waals surface area contributed by atoms with Crippen molar-refractivity contribution in [3.05, 3.63) is 23.3 Å². The molecule has 0 saturated carbocycles. The molecular formula is C11H15NO3. The van der Waals surface area contributed by atoms with Crippen molar-refractivity contribution in [1.82, 2.24) is 0 Å². The van der Waals surface area contributed by atoms with Gasteiger partial charge < -0.3 is 15.2 Å². The van der Waals surface area contributed by atoms with E-state index in [2.05, 4.69) is 4.74 Å². The van der Waals surface area contributed by atoms with E-state index in [1.807, 2.05) is 6.92 Å². The predicted molar refractivity (Wildman–Crippen MR) is 58.1 cm³/mol. The molecule has 0 aliphatic heterocycles. The molecule has 0 aromatic heterocycles. The predicted octanol–water partition coefficient (Wildman–Crippen LogP) is 1.63. The van der Waals surface area contributed by atoms with Crippen LogP contribution in [0.1, 0.15) is 22.8 Å². The number of aryl methyl sites for hydroxylation is 1. The van der Waals surface area contributed by atoms with Crippen LogP contribution in [0.3, 0.4) is 0 Å². The van der Waals surface area contributed by atoms with Crippen LogP contribution in [-0.2, 0) is 11.2 Å². The average Bonchev–Trinajstić information content (AvgIpc) is 2.26. The lowest BCUT2D eigenvalue weighted by atomic mass is 10.1. The minimum absolute atomic E-state index is 0.372. The summed E-state index contributed by atoms with van der Waals surface area (Å²) in [5, 5.41) is 0. The zero-order valence-corrected chi connectivity index (χ0v) is 9.16. The molecule has 0 fully saturated rings. The van der Waals surface area contributed by atoms with E-state index in [1.165, 1.54) is 14.2 Å². The van der Waals surface area contributed by atoms with Crippen LogP contribution < -0.4 is 10.5 Å². The van der Waals surface area contributed by atoms with Crippen molar-refractivity contribution in [3.63, 3.8) is 0 Å². The van der Waals surface area contributed by atoms with Gasteiger partial charge in [-0.2, -0.15) is 0 Å². The number of methoxy groups -OCH3 is 2. The van der Waals surface area contributed by atoms with Crippen molar-refractivity contribution < 1.29 is 14.3 Å². The lowest BCUT2D eigenvalue weighted by Gasteiger charge is -2.11. The third-order valence-corrected chi connectivity index (χ3v) is 2.20. The Labute approximate surface area is 89.0 Å². The molecule has 82 valence electrons. The number of nitrogen functional groups attached to an aromatic ring is 1. The first-order chi connectivity index (χ1) is 7.13. The van der Waals surface area contributed by atoms with E-state index in [9.17, 15) is 4.79 Å². The molecule has 2 N–H and O–H groups in total. The third-order valence-electron chi connectivity index (χ3n) is 2.20. The van der Waals surface area contributed by atoms with Crippen LogP contribution in [0.15, 0.2) is 12.1 Å². The zero-order chi connectivity index (χ0) is 11.4. The molecule has 0 aliphatic carbocycles. The van der Waals surface area contributed by atoms with Crippen LogP contribution in [0.25, 0.3) is 0 Å². The summed E-state index contributed by atoms with van der Waals surface area (Å²) in [4.78, 5) is 11.5. The Hall–Kier alpha value is -1.71. The first kappa shape index (κ1) is 11.4. The van der Waals surface area contributed by atoms with Crippen molar-refractivity contribution in [2.24, 2.45) is 0 Å². The summed E-state index contributed by atoms with van der Waals surface area (Å²) in [6.45, 7) is 1.99. The molecule has 0 spiro atoms. The molecular weight excluding hydrogens is 194 g/mol. The highest BCUT2D eigenvalue weighted by Crippen LogP contribution is 2.28. The summed E-state index contributed by atoms with van der Waals surface area (Å²) in [5.74, 6) is -0.0621. The van der Waals surface area contributed by atoms with E-state index in [-0.39, 0.29) is 0 Å². The van der Waals surface area contributed by atoms with Gasteiger partial charge >= 0.3 is 5.97 Å². The van der Waals surface area contributed by atoms with E-state index in [0.717, 1.165) is 12.0 Å². The third kappa shape index (κ3) is 2.21. The van der Waals surface area contributed by atoms with E-state index in [1.54, 1.807) is 12.1 Å². The molecule has 0 radical (unpaired) electrons. The molecule has 0 unspecified atom stereocenters. The Balaban J connectivity index is 3.32. The second-order valence-electron chi connectivity index (χ2n) is 3.11. The summed E-state index contributed by atoms with van der Waals surface area (Å²) < 4.78 is 9.73. The molecule has 1 aromatic rings. The number of esters is 1. The van der Waals surface area contributed by atoms with E-state index >= 15 is 0 Å². The molecule has 0 amide bonds. The summed E-state index contributed by atoms with van der Waals surface area (Å²) in [6, 6.07) is 3.53. The number of hydrogen-bond acceptors (Lipinski definition) is 4. The van der Waals surface area contributed by atoms with Gasteiger partial charge in [0.25, 0.3) is 0 Å². The second kappa shape index (κ2) is 4.68. The van der Waals surface area contributed by atoms with Gasteiger partial charge in [0.05, 0.1) is 19.9 Å². The number of carbonyl (C=O) groups is 1. The van der Waals surface area contributed by atoms with Gasteiger partial charge in [0.15, 0.2) is 5.75 Å². The Kier molecular flexibility index (Phi) is 3.55. The fraction of sp³-hybridized carbons (Fsp3) is 0.364. The molecule has 0 saturated heterocycles. The van der Waals surface area contributed by atoms with Gasteiger partial charge in [-0.1, -0.05) is 6.92 Å². The number of carbonyl (C=O) groups excluding carboxylic acids is 1. The highest BCUT2D eigenvalue weighted by atomic mass is 16.5. The summed E-state index contributed by atoms with van der Waals surface area (Å²) in [6.07, 6.45) is 0.804. The van der Waals surface area contributed by atoms with Crippen LogP contribution in [0.5, 0.6) is 5.75 Å². The quantitative estimate of drug-likeness (QED) is 0.607. The normalized spacial score (nSPS) is 9.80. The van der Waals surface area contributed by atoms with E-state index in [0.29, 0.717) is 17.0 Å². The van der Waals surface area contributed by atoms with Crippen molar-refractivity contribution in [2.45, 2.75) is 13.3 Å². The van der Waals surface area contributed by atoms with E-state index in [4.69, 9.17) is 10.5 Å². The van der Waals surface area contributed by atoms with E-state index < -0.39 is 5.97 Å². The van der Waals surface area contributed by atoms with Crippen LogP contribution in [-0.4, -0.2) is 20.2 Å². The first-order valence-corrected chi connectivity index (χ1v) is 4.68. The van der Waals surface area contributed by atoms with Crippen LogP contribution in [0, 0.1) is 0 Å². The summed E-state index contributed by atoms with van der Waals surface area (Å²) in [5.41, 5.74) is 7.58. The standard InChI is InChI=1S/C11H15NO3/c1-4-7-5-8(11(13)15-3)10(14-2)9(12)6-7/h5-6H,4,12H2,1-3H3. The van der Waals surface area contributed by atoms with Gasteiger partial charge in [-0.25, -0.2) is 4.79 Å². The number of hydrogen-bond donors (Lipinski definition) is 1. The Morgan fingerprint density at radius 1 is 1.40 bits per heavy atom. The maximum atomic E-state index is 11.5. The Bertz CT molecular complexity index is 374. The van der Waals surface area contributed by atoms with Gasteiger partial charge in [0, 0.05) is 0 Å². The highest BCUT2D eigenvalue weighted by molar-refractivity contribution is 5.94. The SMILES string of the molecule is CCc1cc(N)c(OC)c(C(=O)OC)c1. The summed E-state index contributed by atoms with van der Waals surface area (Å²) in [7, 11) is 2.81. The lowest BCUT2D eigenvalue weighted by Crippen LogP contribution is -2.07. The maximum absolute atomic E-state index is 11.5. The topological polar surface area (TPSA) is 61.5 Å². The molecule has 0 atom stereocenters. The molecule has 1 aromatic carbocycles. The zero-order valence-electron chi connectivity index (χ0n) is 9.16. The maximum Gasteiger partial charge on any atom is 0.341 e. The van der Waals surface area contributed by atoms with Crippen LogP contribution in [0.4, 0.5) is 5.69 Å². The largest absolute Gasteiger partial charge is 0.494 e. The highest BCUT2D eigenvalue weighted by Gasteiger charge is 2.16. The second-order valence-corrected chi connectivity index (χ2v) is 3.11. The van der Waals surface area contributed by atoms with Gasteiger partial charge in [0.2, 0.25) is 0 Å². The fourth-order valence-corrected chi connectivity index (χ4v) is 1.41. The van der Waals surface area contributed by atoms with Crippen LogP contribution in [0.2, 0.25) is 0 Å². The van der Waals surface area contributed by atoms with Crippen molar-refractivity contribution in [1.29, 1.82) is 0 Å². The Morgan fingerprint density at radius 3 is 2.53 bits per heavy atom. The fourth-order valence-electron chi connectivity index (χ4n) is 1.41. The number of nitrogens with two attached hydrogens (primary N) is 1. The molecule has 4 heteroatoms. The Morgan fingerprint density at radius 2 is 2.07 bits per heavy atom. The minimum atomic E-state index is -0.436. The van der Waals surface area contributed by atoms with Gasteiger partial charge in [-0.15, -0.1) is 0 Å². The van der Waals surface area contributed by atoms with Gasteiger partial charge in [-0.3, -0.25) is 0 Å². The molecule has 1 rings (SSSR count). The molecule has 0 heterocycles. The van der Waals surface area contributed by atoms with Gasteiger partial charge in [-0.05, 0) is 24.1 Å². The number of anilines is 1. The molecule has 0 aliphatic rings. The lowest BCUT2D eigenvalue weighted by molar-refractivity contribution is 0.0597. The van der Waals surface area contributed by atoms with Crippen molar-refractivity contribution in [3.8, 4) is 5.75 Å². The van der Waals surface area contributed by atoms with Crippen LogP contribution >= 0.6 is 0 Å². The van der Waals surface area contributed by atoms with Crippen molar-refractivity contribution >= 4 is 11.7 Å². The average molecular weight is 209 g/mol. The minimum Gasteiger partial charge on any atom is -0.494 e. The van der Waals surface area contributed by atoms with Crippen molar-refractivity contribution in [2.75, 3.05) is 20.0 Å². The number of benzene rings is 1. The monoisotopic (exact) mass is 209 g/mol. The first-order valence-electron chi connectivity index (χ1n) is 4.68.